The Balaban J connectivity index is 1.87. The first kappa shape index (κ1) is 10.9. The van der Waals surface area contributed by atoms with Crippen LogP contribution in [0.1, 0.15) is 10.6 Å². The molecule has 2 heterocycles. The van der Waals surface area contributed by atoms with E-state index in [9.17, 15) is 0 Å². The molecule has 0 bridgehead atoms. The highest BCUT2D eigenvalue weighted by Crippen LogP contribution is 2.17. The predicted octanol–water partition coefficient (Wildman–Crippen LogP) is 1.90. The van der Waals surface area contributed by atoms with E-state index in [1.165, 1.54) is 11.9 Å². The molecule has 0 radical (unpaired) electrons. The van der Waals surface area contributed by atoms with E-state index in [2.05, 4.69) is 27.2 Å². The summed E-state index contributed by atoms with van der Waals surface area (Å²) in [7, 11) is 0. The summed E-state index contributed by atoms with van der Waals surface area (Å²) in [5.41, 5.74) is 7.79. The fourth-order valence-electron chi connectivity index (χ4n) is 1.73. The van der Waals surface area contributed by atoms with E-state index in [0.717, 1.165) is 17.1 Å². The highest BCUT2D eigenvalue weighted by molar-refractivity contribution is 7.10. The van der Waals surface area contributed by atoms with Gasteiger partial charge in [0, 0.05) is 11.8 Å². The van der Waals surface area contributed by atoms with Gasteiger partial charge < -0.3 is 5.73 Å². The van der Waals surface area contributed by atoms with Crippen LogP contribution in [-0.4, -0.2) is 19.7 Å². The summed E-state index contributed by atoms with van der Waals surface area (Å²) in [6, 6.07) is 8.14. The van der Waals surface area contributed by atoms with Crippen LogP contribution in [0.3, 0.4) is 0 Å². The van der Waals surface area contributed by atoms with E-state index in [0.29, 0.717) is 5.82 Å². The van der Waals surface area contributed by atoms with Crippen molar-refractivity contribution in [3.05, 3.63) is 52.9 Å². The van der Waals surface area contributed by atoms with Crippen LogP contribution in [0, 0.1) is 0 Å². The lowest BCUT2D eigenvalue weighted by Crippen LogP contribution is -1.96. The van der Waals surface area contributed by atoms with Crippen LogP contribution in [0.5, 0.6) is 0 Å². The molecule has 2 N–H and O–H groups in total. The SMILES string of the molecule is Nc1csc(Cc2cccc(-n3cncn3)c2)n1. The van der Waals surface area contributed by atoms with Gasteiger partial charge in [-0.3, -0.25) is 0 Å². The van der Waals surface area contributed by atoms with Gasteiger partial charge in [0.25, 0.3) is 0 Å². The minimum Gasteiger partial charge on any atom is -0.383 e. The highest BCUT2D eigenvalue weighted by atomic mass is 32.1. The van der Waals surface area contributed by atoms with Crippen LogP contribution in [0.15, 0.2) is 42.3 Å². The Labute approximate surface area is 108 Å². The number of anilines is 1. The standard InChI is InChI=1S/C12H11N5S/c13-11-6-18-12(16-11)5-9-2-1-3-10(4-9)17-8-14-7-15-17/h1-4,6-8H,5,13H2. The summed E-state index contributed by atoms with van der Waals surface area (Å²) < 4.78 is 1.74. The molecule has 5 nitrogen and oxygen atoms in total. The van der Waals surface area contributed by atoms with E-state index in [1.807, 2.05) is 17.5 Å². The lowest BCUT2D eigenvalue weighted by Gasteiger charge is -2.03. The second kappa shape index (κ2) is 4.58. The Kier molecular flexibility index (Phi) is 2.77. The molecular formula is C12H11N5S. The minimum atomic E-state index is 0.586. The molecule has 0 aliphatic rings. The quantitative estimate of drug-likeness (QED) is 0.778. The van der Waals surface area contributed by atoms with Gasteiger partial charge in [-0.15, -0.1) is 11.3 Å². The molecule has 0 aliphatic carbocycles. The number of nitrogens with zero attached hydrogens (tertiary/aromatic N) is 4. The van der Waals surface area contributed by atoms with Gasteiger partial charge in [0.05, 0.1) is 10.7 Å². The summed E-state index contributed by atoms with van der Waals surface area (Å²) >= 11 is 1.58. The van der Waals surface area contributed by atoms with Gasteiger partial charge in [-0.2, -0.15) is 5.10 Å². The first-order chi connectivity index (χ1) is 8.81. The number of hydrogen-bond acceptors (Lipinski definition) is 5. The summed E-state index contributed by atoms with van der Waals surface area (Å²) in [4.78, 5) is 8.20. The lowest BCUT2D eigenvalue weighted by atomic mass is 10.1. The number of hydrogen-bond donors (Lipinski definition) is 1. The van der Waals surface area contributed by atoms with Crippen molar-refractivity contribution in [3.63, 3.8) is 0 Å². The Hall–Kier alpha value is -2.21. The van der Waals surface area contributed by atoms with E-state index in [-0.39, 0.29) is 0 Å². The summed E-state index contributed by atoms with van der Waals surface area (Å²) in [6.07, 6.45) is 3.99. The number of thiazole rings is 1. The average Bonchev–Trinajstić information content (AvgIpc) is 3.01. The van der Waals surface area contributed by atoms with Crippen LogP contribution in [0.2, 0.25) is 0 Å². The van der Waals surface area contributed by atoms with Crippen LogP contribution in [0.25, 0.3) is 5.69 Å². The zero-order valence-corrected chi connectivity index (χ0v) is 10.3. The second-order valence-electron chi connectivity index (χ2n) is 3.85. The first-order valence-corrected chi connectivity index (χ1v) is 6.33. The molecule has 1 aromatic carbocycles. The number of nitrogen functional groups attached to an aromatic ring is 1. The van der Waals surface area contributed by atoms with Gasteiger partial charge in [-0.1, -0.05) is 12.1 Å². The van der Waals surface area contributed by atoms with Gasteiger partial charge in [-0.25, -0.2) is 14.6 Å². The molecule has 0 aliphatic heterocycles. The van der Waals surface area contributed by atoms with Gasteiger partial charge >= 0.3 is 0 Å². The fourth-order valence-corrected chi connectivity index (χ4v) is 2.45. The third-order valence-corrected chi connectivity index (χ3v) is 3.39. The molecule has 18 heavy (non-hydrogen) atoms. The first-order valence-electron chi connectivity index (χ1n) is 5.45. The summed E-state index contributed by atoms with van der Waals surface area (Å²) in [6.45, 7) is 0. The smallest absolute Gasteiger partial charge is 0.138 e. The van der Waals surface area contributed by atoms with Crippen molar-refractivity contribution in [1.29, 1.82) is 0 Å². The van der Waals surface area contributed by atoms with Gasteiger partial charge in [0.15, 0.2) is 0 Å². The van der Waals surface area contributed by atoms with Gasteiger partial charge in [0.1, 0.15) is 18.5 Å². The van der Waals surface area contributed by atoms with Crippen molar-refractivity contribution >= 4 is 17.2 Å². The highest BCUT2D eigenvalue weighted by Gasteiger charge is 2.03. The normalized spacial score (nSPS) is 10.7. The third-order valence-electron chi connectivity index (χ3n) is 2.52. The zero-order chi connectivity index (χ0) is 12.4. The van der Waals surface area contributed by atoms with E-state index < -0.39 is 0 Å². The Morgan fingerprint density at radius 1 is 1.33 bits per heavy atom. The molecular weight excluding hydrogens is 246 g/mol. The largest absolute Gasteiger partial charge is 0.383 e. The van der Waals surface area contributed by atoms with Crippen molar-refractivity contribution in [1.82, 2.24) is 19.7 Å². The number of benzene rings is 1. The van der Waals surface area contributed by atoms with Crippen molar-refractivity contribution in [3.8, 4) is 5.69 Å². The average molecular weight is 257 g/mol. The second-order valence-corrected chi connectivity index (χ2v) is 4.80. The molecule has 3 rings (SSSR count). The molecule has 6 heteroatoms. The number of rotatable bonds is 3. The molecule has 0 atom stereocenters. The molecule has 0 saturated heterocycles. The Morgan fingerprint density at radius 2 is 2.28 bits per heavy atom. The Bertz CT molecular complexity index is 644. The van der Waals surface area contributed by atoms with E-state index >= 15 is 0 Å². The van der Waals surface area contributed by atoms with Crippen molar-refractivity contribution in [2.45, 2.75) is 6.42 Å². The number of aromatic nitrogens is 4. The third kappa shape index (κ3) is 2.23. The summed E-state index contributed by atoms with van der Waals surface area (Å²) in [5.74, 6) is 0.586. The Morgan fingerprint density at radius 3 is 3.00 bits per heavy atom. The van der Waals surface area contributed by atoms with Crippen LogP contribution < -0.4 is 5.73 Å². The monoisotopic (exact) mass is 257 g/mol. The van der Waals surface area contributed by atoms with Crippen molar-refractivity contribution < 1.29 is 0 Å². The van der Waals surface area contributed by atoms with Gasteiger partial charge in [0.2, 0.25) is 0 Å². The zero-order valence-electron chi connectivity index (χ0n) is 9.52. The van der Waals surface area contributed by atoms with Crippen LogP contribution in [-0.2, 0) is 6.42 Å². The van der Waals surface area contributed by atoms with Gasteiger partial charge in [-0.05, 0) is 17.7 Å². The predicted molar refractivity (Wildman–Crippen MR) is 70.7 cm³/mol. The maximum atomic E-state index is 5.62. The van der Waals surface area contributed by atoms with E-state index in [4.69, 9.17) is 5.73 Å². The van der Waals surface area contributed by atoms with Crippen molar-refractivity contribution in [2.75, 3.05) is 5.73 Å². The van der Waals surface area contributed by atoms with Crippen LogP contribution >= 0.6 is 11.3 Å². The maximum Gasteiger partial charge on any atom is 0.138 e. The topological polar surface area (TPSA) is 69.6 Å². The molecule has 90 valence electrons. The molecule has 2 aromatic heterocycles. The van der Waals surface area contributed by atoms with Crippen molar-refractivity contribution in [2.24, 2.45) is 0 Å². The van der Waals surface area contributed by atoms with E-state index in [1.54, 1.807) is 22.3 Å². The molecule has 0 fully saturated rings. The molecule has 0 saturated carbocycles. The number of nitrogens with two attached hydrogens (primary N) is 1. The molecule has 3 aromatic rings. The molecule has 0 unspecified atom stereocenters. The molecule has 0 spiro atoms. The minimum absolute atomic E-state index is 0.586. The van der Waals surface area contributed by atoms with Crippen LogP contribution in [0.4, 0.5) is 5.82 Å². The summed E-state index contributed by atoms with van der Waals surface area (Å²) in [5, 5.41) is 6.99. The fraction of sp³-hybridized carbons (Fsp3) is 0.0833. The lowest BCUT2D eigenvalue weighted by molar-refractivity contribution is 0.876. The molecule has 0 amide bonds. The maximum absolute atomic E-state index is 5.62.